The summed E-state index contributed by atoms with van der Waals surface area (Å²) in [7, 11) is 0. The SMILES string of the molecule is Cc1c[n+](C(Cc2ccccc2)C(=O)O)cn1C(Cc1ccccc1)C(=O)O. The Balaban J connectivity index is 1.90. The van der Waals surface area contributed by atoms with Gasteiger partial charge in [-0.2, -0.15) is 0 Å². The number of carbonyl (C=O) groups is 2. The molecule has 0 aliphatic rings. The molecule has 3 aromatic rings. The van der Waals surface area contributed by atoms with Crippen LogP contribution in [-0.4, -0.2) is 26.7 Å². The lowest BCUT2D eigenvalue weighted by Crippen LogP contribution is -2.44. The summed E-state index contributed by atoms with van der Waals surface area (Å²) < 4.78 is 3.22. The third kappa shape index (κ3) is 4.46. The summed E-state index contributed by atoms with van der Waals surface area (Å²) in [5.74, 6) is -1.91. The van der Waals surface area contributed by atoms with Gasteiger partial charge in [0.2, 0.25) is 18.4 Å². The van der Waals surface area contributed by atoms with Gasteiger partial charge in [-0.3, -0.25) is 0 Å². The minimum absolute atomic E-state index is 0.320. The zero-order valence-electron chi connectivity index (χ0n) is 15.6. The lowest BCUT2D eigenvalue weighted by Gasteiger charge is -2.11. The van der Waals surface area contributed by atoms with Crippen LogP contribution in [0.3, 0.4) is 0 Å². The van der Waals surface area contributed by atoms with Crippen LogP contribution in [0.4, 0.5) is 0 Å². The summed E-state index contributed by atoms with van der Waals surface area (Å²) in [6.45, 7) is 1.79. The Morgan fingerprint density at radius 1 is 0.893 bits per heavy atom. The van der Waals surface area contributed by atoms with Crippen molar-refractivity contribution in [3.05, 3.63) is 90.0 Å². The maximum atomic E-state index is 11.9. The van der Waals surface area contributed by atoms with Crippen molar-refractivity contribution in [2.45, 2.75) is 31.8 Å². The van der Waals surface area contributed by atoms with Crippen molar-refractivity contribution in [1.29, 1.82) is 0 Å². The molecule has 0 aliphatic heterocycles. The van der Waals surface area contributed by atoms with Crippen LogP contribution in [-0.2, 0) is 22.4 Å². The van der Waals surface area contributed by atoms with Crippen molar-refractivity contribution in [2.75, 3.05) is 0 Å². The summed E-state index contributed by atoms with van der Waals surface area (Å²) in [4.78, 5) is 23.8. The van der Waals surface area contributed by atoms with E-state index >= 15 is 0 Å². The molecule has 2 unspecified atom stereocenters. The fourth-order valence-electron chi connectivity index (χ4n) is 3.35. The fourth-order valence-corrected chi connectivity index (χ4v) is 3.35. The Bertz CT molecular complexity index is 951. The van der Waals surface area contributed by atoms with Crippen LogP contribution in [0, 0.1) is 6.92 Å². The summed E-state index contributed by atoms with van der Waals surface area (Å²) in [5.41, 5.74) is 2.52. The Morgan fingerprint density at radius 3 is 1.93 bits per heavy atom. The van der Waals surface area contributed by atoms with Crippen molar-refractivity contribution in [3.8, 4) is 0 Å². The van der Waals surface area contributed by atoms with Gasteiger partial charge in [-0.05, 0) is 11.1 Å². The minimum Gasteiger partial charge on any atom is -0.478 e. The van der Waals surface area contributed by atoms with Crippen molar-refractivity contribution < 1.29 is 24.4 Å². The zero-order chi connectivity index (χ0) is 20.1. The lowest BCUT2D eigenvalue weighted by molar-refractivity contribution is -0.710. The smallest absolute Gasteiger partial charge is 0.349 e. The van der Waals surface area contributed by atoms with Crippen LogP contribution in [0.5, 0.6) is 0 Å². The third-order valence-electron chi connectivity index (χ3n) is 4.81. The highest BCUT2D eigenvalue weighted by Gasteiger charge is 2.31. The molecule has 0 fully saturated rings. The summed E-state index contributed by atoms with van der Waals surface area (Å²) in [6, 6.07) is 17.2. The van der Waals surface area contributed by atoms with Crippen LogP contribution in [0.25, 0.3) is 0 Å². The molecule has 6 nitrogen and oxygen atoms in total. The molecule has 1 aromatic heterocycles. The Morgan fingerprint density at radius 2 is 1.43 bits per heavy atom. The molecule has 6 heteroatoms. The van der Waals surface area contributed by atoms with E-state index in [0.29, 0.717) is 18.5 Å². The second-order valence-electron chi connectivity index (χ2n) is 6.83. The van der Waals surface area contributed by atoms with Gasteiger partial charge in [0.15, 0.2) is 0 Å². The molecule has 0 aliphatic carbocycles. The number of rotatable bonds is 8. The second-order valence-corrected chi connectivity index (χ2v) is 6.83. The van der Waals surface area contributed by atoms with Crippen LogP contribution in [0.1, 0.15) is 28.9 Å². The second kappa shape index (κ2) is 8.52. The van der Waals surface area contributed by atoms with Crippen molar-refractivity contribution in [2.24, 2.45) is 0 Å². The summed E-state index contributed by atoms with van der Waals surface area (Å²) >= 11 is 0. The highest BCUT2D eigenvalue weighted by molar-refractivity contribution is 5.72. The van der Waals surface area contributed by atoms with Crippen molar-refractivity contribution in [3.63, 3.8) is 0 Å². The van der Waals surface area contributed by atoms with Crippen LogP contribution >= 0.6 is 0 Å². The molecule has 2 aromatic carbocycles. The number of carboxylic acids is 2. The highest BCUT2D eigenvalue weighted by Crippen LogP contribution is 2.18. The molecule has 2 atom stereocenters. The first-order valence-corrected chi connectivity index (χ1v) is 9.08. The van der Waals surface area contributed by atoms with E-state index in [0.717, 1.165) is 11.1 Å². The summed E-state index contributed by atoms with van der Waals surface area (Å²) in [5, 5.41) is 19.5. The first-order chi connectivity index (χ1) is 13.5. The van der Waals surface area contributed by atoms with E-state index in [1.807, 2.05) is 60.7 Å². The number of imidazole rings is 1. The number of aryl methyl sites for hydroxylation is 1. The molecule has 0 saturated carbocycles. The number of aromatic nitrogens is 2. The normalized spacial score (nSPS) is 13.0. The predicted octanol–water partition coefficient (Wildman–Crippen LogP) is 2.82. The van der Waals surface area contributed by atoms with Gasteiger partial charge in [-0.15, -0.1) is 0 Å². The maximum Gasteiger partial charge on any atom is 0.349 e. The van der Waals surface area contributed by atoms with Crippen molar-refractivity contribution in [1.82, 2.24) is 4.57 Å². The fraction of sp³-hybridized carbons (Fsp3) is 0.227. The number of nitrogens with zero attached hydrogens (tertiary/aromatic N) is 2. The Hall–Kier alpha value is -3.41. The van der Waals surface area contributed by atoms with Gasteiger partial charge in [0, 0.05) is 19.8 Å². The Labute approximate surface area is 163 Å². The van der Waals surface area contributed by atoms with Gasteiger partial charge in [0.1, 0.15) is 11.9 Å². The molecule has 28 heavy (non-hydrogen) atoms. The van der Waals surface area contributed by atoms with Crippen molar-refractivity contribution >= 4 is 11.9 Å². The molecule has 0 saturated heterocycles. The molecular weight excluding hydrogens is 356 g/mol. The molecule has 0 spiro atoms. The molecule has 1 heterocycles. The number of hydrogen-bond acceptors (Lipinski definition) is 2. The topological polar surface area (TPSA) is 83.4 Å². The van der Waals surface area contributed by atoms with Gasteiger partial charge in [0.05, 0.1) is 0 Å². The van der Waals surface area contributed by atoms with Gasteiger partial charge in [-0.1, -0.05) is 60.7 Å². The molecule has 3 rings (SSSR count). The van der Waals surface area contributed by atoms with E-state index in [9.17, 15) is 19.8 Å². The minimum atomic E-state index is -0.957. The largest absolute Gasteiger partial charge is 0.478 e. The monoisotopic (exact) mass is 379 g/mol. The molecule has 0 amide bonds. The molecule has 144 valence electrons. The quantitative estimate of drug-likeness (QED) is 0.590. The first kappa shape index (κ1) is 19.4. The van der Waals surface area contributed by atoms with Crippen LogP contribution in [0.15, 0.2) is 73.2 Å². The van der Waals surface area contributed by atoms with Crippen LogP contribution < -0.4 is 4.57 Å². The molecule has 2 N–H and O–H groups in total. The average Bonchev–Trinajstić information content (AvgIpc) is 3.06. The maximum absolute atomic E-state index is 11.9. The number of benzene rings is 2. The van der Waals surface area contributed by atoms with E-state index in [-0.39, 0.29) is 0 Å². The molecule has 0 radical (unpaired) electrons. The van der Waals surface area contributed by atoms with Crippen LogP contribution in [0.2, 0.25) is 0 Å². The number of carboxylic acid groups (broad SMARTS) is 2. The molecular formula is C22H23N2O4+. The number of aliphatic carboxylic acids is 2. The average molecular weight is 379 g/mol. The van der Waals surface area contributed by atoms with E-state index in [4.69, 9.17) is 0 Å². The lowest BCUT2D eigenvalue weighted by atomic mass is 10.1. The van der Waals surface area contributed by atoms with E-state index < -0.39 is 24.0 Å². The highest BCUT2D eigenvalue weighted by atomic mass is 16.4. The van der Waals surface area contributed by atoms with Gasteiger partial charge in [0.25, 0.3) is 0 Å². The van der Waals surface area contributed by atoms with E-state index in [1.54, 1.807) is 28.6 Å². The first-order valence-electron chi connectivity index (χ1n) is 9.08. The van der Waals surface area contributed by atoms with Gasteiger partial charge in [-0.25, -0.2) is 18.7 Å². The predicted molar refractivity (Wildman–Crippen MR) is 103 cm³/mol. The van der Waals surface area contributed by atoms with E-state index in [2.05, 4.69) is 0 Å². The molecule has 0 bridgehead atoms. The Kier molecular flexibility index (Phi) is 5.89. The zero-order valence-corrected chi connectivity index (χ0v) is 15.6. The van der Waals surface area contributed by atoms with E-state index in [1.165, 1.54) is 0 Å². The van der Waals surface area contributed by atoms with Gasteiger partial charge >= 0.3 is 11.9 Å². The third-order valence-corrected chi connectivity index (χ3v) is 4.81. The van der Waals surface area contributed by atoms with Gasteiger partial charge < -0.3 is 10.2 Å². The standard InChI is InChI=1S/C22H22N2O4/c1-16-14-23(19(21(25)26)12-17-8-4-2-5-9-17)15-24(16)20(22(27)28)13-18-10-6-3-7-11-18/h2-11,14-15,19-20H,12-13H2,1H3,(H-,25,26,27,28)/p+1. The number of hydrogen-bond donors (Lipinski definition) is 2. The summed E-state index contributed by atoms with van der Waals surface area (Å²) in [6.07, 6.45) is 3.93.